The van der Waals surface area contributed by atoms with Gasteiger partial charge in [-0.1, -0.05) is 17.7 Å². The third-order valence-corrected chi connectivity index (χ3v) is 6.29. The number of sulfonamides is 1. The molecule has 1 heterocycles. The smallest absolute Gasteiger partial charge is 0.337 e. The van der Waals surface area contributed by atoms with Gasteiger partial charge in [0.2, 0.25) is 10.0 Å². The molecule has 2 aromatic rings. The number of nitrogens with zero attached hydrogens (tertiary/aromatic N) is 1. The Morgan fingerprint density at radius 3 is 2.50 bits per heavy atom. The van der Waals surface area contributed by atoms with Crippen LogP contribution in [0.15, 0.2) is 47.4 Å². The van der Waals surface area contributed by atoms with Crippen molar-refractivity contribution >= 4 is 39.2 Å². The maximum atomic E-state index is 12.7. The highest BCUT2D eigenvalue weighted by molar-refractivity contribution is 7.89. The Bertz CT molecular complexity index is 1020. The van der Waals surface area contributed by atoms with Gasteiger partial charge in [0.1, 0.15) is 0 Å². The Morgan fingerprint density at radius 1 is 1.11 bits per heavy atom. The lowest BCUT2D eigenvalue weighted by molar-refractivity contribution is 0.0698. The summed E-state index contributed by atoms with van der Waals surface area (Å²) in [5, 5.41) is 12.0. The maximum absolute atomic E-state index is 12.7. The zero-order chi connectivity index (χ0) is 20.3. The molecule has 8 nitrogen and oxygen atoms in total. The molecule has 0 radical (unpaired) electrons. The zero-order valence-electron chi connectivity index (χ0n) is 14.6. The van der Waals surface area contributed by atoms with Crippen molar-refractivity contribution in [1.29, 1.82) is 0 Å². The minimum atomic E-state index is -3.76. The van der Waals surface area contributed by atoms with Crippen LogP contribution in [0.4, 0.5) is 5.69 Å². The minimum absolute atomic E-state index is 0.0170. The first-order chi connectivity index (χ1) is 13.3. The molecule has 28 heavy (non-hydrogen) atoms. The highest BCUT2D eigenvalue weighted by atomic mass is 35.5. The summed E-state index contributed by atoms with van der Waals surface area (Å²) in [5.74, 6) is -1.88. The number of morpholine rings is 1. The van der Waals surface area contributed by atoms with Gasteiger partial charge in [-0.15, -0.1) is 0 Å². The van der Waals surface area contributed by atoms with Crippen molar-refractivity contribution < 1.29 is 27.9 Å². The Hall–Kier alpha value is -2.46. The predicted octanol–water partition coefficient (Wildman–Crippen LogP) is 2.31. The number of amides is 1. The van der Waals surface area contributed by atoms with Gasteiger partial charge >= 0.3 is 5.97 Å². The van der Waals surface area contributed by atoms with E-state index >= 15 is 0 Å². The maximum Gasteiger partial charge on any atom is 0.337 e. The summed E-state index contributed by atoms with van der Waals surface area (Å²) in [6, 6.07) is 9.62. The standard InChI is InChI=1S/C18H17ClN2O6S/c19-13-4-5-16(15(11-13)18(23)24)20-17(22)12-2-1-3-14(10-12)28(25,26)21-6-8-27-9-7-21/h1-5,10-11H,6-9H2,(H,20,22)(H,23,24). The van der Waals surface area contributed by atoms with Crippen LogP contribution in [0.25, 0.3) is 0 Å². The molecule has 0 unspecified atom stereocenters. The van der Waals surface area contributed by atoms with Gasteiger partial charge in [0.25, 0.3) is 5.91 Å². The average Bonchev–Trinajstić information content (AvgIpc) is 2.70. The van der Waals surface area contributed by atoms with Crippen molar-refractivity contribution in [1.82, 2.24) is 4.31 Å². The number of anilines is 1. The Morgan fingerprint density at radius 2 is 1.82 bits per heavy atom. The number of rotatable bonds is 5. The van der Waals surface area contributed by atoms with E-state index in [4.69, 9.17) is 16.3 Å². The van der Waals surface area contributed by atoms with Gasteiger partial charge in [-0.2, -0.15) is 4.31 Å². The van der Waals surface area contributed by atoms with E-state index in [1.54, 1.807) is 0 Å². The molecule has 1 fully saturated rings. The number of nitrogens with one attached hydrogen (secondary N) is 1. The third-order valence-electron chi connectivity index (χ3n) is 4.16. The largest absolute Gasteiger partial charge is 0.478 e. The molecule has 148 valence electrons. The number of carboxylic acid groups (broad SMARTS) is 1. The second kappa shape index (κ2) is 8.27. The van der Waals surface area contributed by atoms with Gasteiger partial charge in [-0.25, -0.2) is 13.2 Å². The molecular weight excluding hydrogens is 408 g/mol. The van der Waals surface area contributed by atoms with E-state index in [1.807, 2.05) is 0 Å². The van der Waals surface area contributed by atoms with E-state index < -0.39 is 21.9 Å². The number of carboxylic acids is 1. The highest BCUT2D eigenvalue weighted by Gasteiger charge is 2.27. The molecule has 0 saturated carbocycles. The van der Waals surface area contributed by atoms with Crippen molar-refractivity contribution in [3.63, 3.8) is 0 Å². The van der Waals surface area contributed by atoms with Crippen LogP contribution >= 0.6 is 11.6 Å². The van der Waals surface area contributed by atoms with Gasteiger partial charge in [0.05, 0.1) is 29.4 Å². The van der Waals surface area contributed by atoms with Crippen LogP contribution in [0.5, 0.6) is 0 Å². The van der Waals surface area contributed by atoms with E-state index in [2.05, 4.69) is 5.32 Å². The summed E-state index contributed by atoms with van der Waals surface area (Å²) in [7, 11) is -3.76. The van der Waals surface area contributed by atoms with Crippen molar-refractivity contribution in [3.05, 3.63) is 58.6 Å². The molecule has 1 aliphatic heterocycles. The number of ether oxygens (including phenoxy) is 1. The Kier molecular flexibility index (Phi) is 5.99. The predicted molar refractivity (Wildman–Crippen MR) is 102 cm³/mol. The highest BCUT2D eigenvalue weighted by Crippen LogP contribution is 2.23. The van der Waals surface area contributed by atoms with Crippen LogP contribution in [-0.2, 0) is 14.8 Å². The van der Waals surface area contributed by atoms with E-state index in [1.165, 1.54) is 46.8 Å². The third kappa shape index (κ3) is 4.33. The van der Waals surface area contributed by atoms with Crippen LogP contribution in [0.3, 0.4) is 0 Å². The molecule has 0 bridgehead atoms. The summed E-state index contributed by atoms with van der Waals surface area (Å²) in [4.78, 5) is 23.9. The topological polar surface area (TPSA) is 113 Å². The lowest BCUT2D eigenvalue weighted by atomic mass is 10.1. The first kappa shape index (κ1) is 20.3. The fraction of sp³-hybridized carbons (Fsp3) is 0.222. The molecule has 1 amide bonds. The van der Waals surface area contributed by atoms with Gasteiger partial charge in [0.15, 0.2) is 0 Å². The minimum Gasteiger partial charge on any atom is -0.478 e. The molecule has 2 aromatic carbocycles. The Balaban J connectivity index is 1.86. The van der Waals surface area contributed by atoms with Crippen LogP contribution < -0.4 is 5.32 Å². The van der Waals surface area contributed by atoms with Gasteiger partial charge < -0.3 is 15.2 Å². The molecular formula is C18H17ClN2O6S. The van der Waals surface area contributed by atoms with Crippen LogP contribution in [0.2, 0.25) is 5.02 Å². The molecule has 1 aliphatic rings. The van der Waals surface area contributed by atoms with Crippen LogP contribution in [0, 0.1) is 0 Å². The Labute approximate surface area is 166 Å². The number of carbonyl (C=O) groups excluding carboxylic acids is 1. The van der Waals surface area contributed by atoms with Gasteiger partial charge in [-0.05, 0) is 36.4 Å². The molecule has 10 heteroatoms. The number of carbonyl (C=O) groups is 2. The second-order valence-corrected chi connectivity index (χ2v) is 8.37. The van der Waals surface area contributed by atoms with Crippen LogP contribution in [-0.4, -0.2) is 56.0 Å². The normalized spacial score (nSPS) is 15.2. The van der Waals surface area contributed by atoms with Crippen molar-refractivity contribution in [2.24, 2.45) is 0 Å². The quantitative estimate of drug-likeness (QED) is 0.761. The lowest BCUT2D eigenvalue weighted by Gasteiger charge is -2.26. The van der Waals surface area contributed by atoms with E-state index in [-0.39, 0.29) is 39.8 Å². The molecule has 0 spiro atoms. The monoisotopic (exact) mass is 424 g/mol. The summed E-state index contributed by atoms with van der Waals surface area (Å²) in [6.07, 6.45) is 0. The summed E-state index contributed by atoms with van der Waals surface area (Å²) in [5.41, 5.74) is -0.0260. The summed E-state index contributed by atoms with van der Waals surface area (Å²) < 4.78 is 32.0. The molecule has 3 rings (SSSR count). The van der Waals surface area contributed by atoms with E-state index in [9.17, 15) is 23.1 Å². The van der Waals surface area contributed by atoms with Gasteiger partial charge in [0, 0.05) is 23.7 Å². The van der Waals surface area contributed by atoms with Crippen LogP contribution in [0.1, 0.15) is 20.7 Å². The number of benzene rings is 2. The number of hydrogen-bond acceptors (Lipinski definition) is 5. The fourth-order valence-electron chi connectivity index (χ4n) is 2.73. The van der Waals surface area contributed by atoms with E-state index in [0.29, 0.717) is 13.2 Å². The number of hydrogen-bond donors (Lipinski definition) is 2. The van der Waals surface area contributed by atoms with Gasteiger partial charge in [-0.3, -0.25) is 4.79 Å². The first-order valence-corrected chi connectivity index (χ1v) is 10.1. The van der Waals surface area contributed by atoms with Crippen molar-refractivity contribution in [2.45, 2.75) is 4.90 Å². The SMILES string of the molecule is O=C(Nc1ccc(Cl)cc1C(=O)O)c1cccc(S(=O)(=O)N2CCOCC2)c1. The van der Waals surface area contributed by atoms with Crippen molar-refractivity contribution in [3.8, 4) is 0 Å². The molecule has 0 atom stereocenters. The molecule has 0 aromatic heterocycles. The average molecular weight is 425 g/mol. The summed E-state index contributed by atoms with van der Waals surface area (Å²) >= 11 is 5.80. The van der Waals surface area contributed by atoms with Crippen molar-refractivity contribution in [2.75, 3.05) is 31.6 Å². The molecule has 1 saturated heterocycles. The zero-order valence-corrected chi connectivity index (χ0v) is 16.2. The molecule has 2 N–H and O–H groups in total. The number of halogens is 1. The molecule has 0 aliphatic carbocycles. The fourth-order valence-corrected chi connectivity index (χ4v) is 4.36. The van der Waals surface area contributed by atoms with E-state index in [0.717, 1.165) is 0 Å². The number of aromatic carboxylic acids is 1. The second-order valence-electron chi connectivity index (χ2n) is 5.99. The summed E-state index contributed by atoms with van der Waals surface area (Å²) in [6.45, 7) is 1.11. The lowest BCUT2D eigenvalue weighted by Crippen LogP contribution is -2.40. The first-order valence-electron chi connectivity index (χ1n) is 8.31.